The Morgan fingerprint density at radius 3 is 2.33 bits per heavy atom. The molecule has 2 rings (SSSR count). The number of nitrogens with zero attached hydrogens (tertiary/aromatic N) is 2. The molecule has 1 saturated heterocycles. The van der Waals surface area contributed by atoms with Crippen LogP contribution in [-0.4, -0.2) is 55.6 Å². The maximum absolute atomic E-state index is 5.71. The molecule has 0 saturated carbocycles. The molecule has 0 spiro atoms. The second-order valence-corrected chi connectivity index (χ2v) is 6.43. The summed E-state index contributed by atoms with van der Waals surface area (Å²) in [7, 11) is 0. The summed E-state index contributed by atoms with van der Waals surface area (Å²) in [5.41, 5.74) is 7.18. The molecule has 3 nitrogen and oxygen atoms in total. The lowest BCUT2D eigenvalue weighted by Gasteiger charge is -2.35. The number of nitrogens with two attached hydrogens (primary N) is 1. The average molecular weight is 289 g/mol. The molecule has 0 amide bonds. The third kappa shape index (κ3) is 6.16. The first kappa shape index (κ1) is 16.5. The Morgan fingerprint density at radius 2 is 1.67 bits per heavy atom. The van der Waals surface area contributed by atoms with Crippen molar-refractivity contribution in [3.63, 3.8) is 0 Å². The Balaban J connectivity index is 1.55. The predicted octanol–water partition coefficient (Wildman–Crippen LogP) is 2.22. The Bertz CT molecular complexity index is 371. The number of piperazine rings is 1. The molecule has 0 aliphatic carbocycles. The predicted molar refractivity (Wildman–Crippen MR) is 90.5 cm³/mol. The molecule has 2 N–H and O–H groups in total. The quantitative estimate of drug-likeness (QED) is 0.745. The molecular formula is C18H31N3. The van der Waals surface area contributed by atoms with E-state index in [1.165, 1.54) is 64.1 Å². The Labute approximate surface area is 130 Å². The second-order valence-electron chi connectivity index (χ2n) is 6.43. The first-order valence-electron chi connectivity index (χ1n) is 8.46. The van der Waals surface area contributed by atoms with E-state index in [9.17, 15) is 0 Å². The van der Waals surface area contributed by atoms with E-state index in [4.69, 9.17) is 5.73 Å². The highest BCUT2D eigenvalue weighted by molar-refractivity contribution is 5.14. The fourth-order valence-corrected chi connectivity index (χ4v) is 3.02. The summed E-state index contributed by atoms with van der Waals surface area (Å²) in [6.07, 6.45) is 3.83. The van der Waals surface area contributed by atoms with Crippen molar-refractivity contribution >= 4 is 0 Å². The van der Waals surface area contributed by atoms with Crippen molar-refractivity contribution in [2.75, 3.05) is 45.8 Å². The summed E-state index contributed by atoms with van der Waals surface area (Å²) in [5, 5.41) is 0. The van der Waals surface area contributed by atoms with E-state index in [0.29, 0.717) is 5.92 Å². The van der Waals surface area contributed by atoms with Crippen LogP contribution in [0.2, 0.25) is 0 Å². The van der Waals surface area contributed by atoms with Gasteiger partial charge in [0.2, 0.25) is 0 Å². The van der Waals surface area contributed by atoms with E-state index >= 15 is 0 Å². The smallest absolute Gasteiger partial charge is 0.0110 e. The van der Waals surface area contributed by atoms with E-state index in [0.717, 1.165) is 6.54 Å². The van der Waals surface area contributed by atoms with Crippen molar-refractivity contribution in [2.24, 2.45) is 11.7 Å². The van der Waals surface area contributed by atoms with Gasteiger partial charge in [-0.3, -0.25) is 0 Å². The van der Waals surface area contributed by atoms with Crippen LogP contribution in [0.5, 0.6) is 0 Å². The van der Waals surface area contributed by atoms with E-state index in [1.54, 1.807) is 0 Å². The van der Waals surface area contributed by atoms with Gasteiger partial charge in [-0.25, -0.2) is 0 Å². The lowest BCUT2D eigenvalue weighted by atomic mass is 10.1. The minimum Gasteiger partial charge on any atom is -0.330 e. The normalized spacial score (nSPS) is 18.8. The summed E-state index contributed by atoms with van der Waals surface area (Å²) in [4.78, 5) is 5.19. The van der Waals surface area contributed by atoms with Crippen LogP contribution in [0, 0.1) is 5.92 Å². The molecule has 1 heterocycles. The van der Waals surface area contributed by atoms with Crippen molar-refractivity contribution in [1.29, 1.82) is 0 Å². The fourth-order valence-electron chi connectivity index (χ4n) is 3.02. The zero-order chi connectivity index (χ0) is 14.9. The summed E-state index contributed by atoms with van der Waals surface area (Å²) in [6.45, 7) is 10.3. The summed E-state index contributed by atoms with van der Waals surface area (Å²) < 4.78 is 0. The summed E-state index contributed by atoms with van der Waals surface area (Å²) in [5.74, 6) is 0.627. The van der Waals surface area contributed by atoms with Gasteiger partial charge < -0.3 is 15.5 Å². The molecule has 3 heteroatoms. The number of hydrogen-bond acceptors (Lipinski definition) is 3. The van der Waals surface area contributed by atoms with Gasteiger partial charge in [-0.15, -0.1) is 0 Å². The van der Waals surface area contributed by atoms with Crippen LogP contribution >= 0.6 is 0 Å². The molecule has 118 valence electrons. The number of benzene rings is 1. The maximum Gasteiger partial charge on any atom is 0.0110 e. The summed E-state index contributed by atoms with van der Waals surface area (Å²) in [6, 6.07) is 10.8. The third-order valence-electron chi connectivity index (χ3n) is 4.47. The van der Waals surface area contributed by atoms with Crippen LogP contribution in [0.1, 0.15) is 25.3 Å². The van der Waals surface area contributed by atoms with Crippen LogP contribution in [0.3, 0.4) is 0 Å². The Hall–Kier alpha value is -0.900. The average Bonchev–Trinajstić information content (AvgIpc) is 2.54. The van der Waals surface area contributed by atoms with Gasteiger partial charge in [-0.2, -0.15) is 0 Å². The second kappa shape index (κ2) is 9.19. The number of aryl methyl sites for hydroxylation is 1. The van der Waals surface area contributed by atoms with E-state index in [1.807, 2.05) is 0 Å². The minimum absolute atomic E-state index is 0.627. The van der Waals surface area contributed by atoms with Crippen molar-refractivity contribution in [3.8, 4) is 0 Å². The van der Waals surface area contributed by atoms with Crippen molar-refractivity contribution < 1.29 is 0 Å². The molecule has 1 unspecified atom stereocenters. The Kier molecular flexibility index (Phi) is 7.20. The van der Waals surface area contributed by atoms with Crippen molar-refractivity contribution in [1.82, 2.24) is 9.80 Å². The van der Waals surface area contributed by atoms with Crippen LogP contribution in [0.4, 0.5) is 0 Å². The molecule has 1 fully saturated rings. The molecule has 21 heavy (non-hydrogen) atoms. The van der Waals surface area contributed by atoms with Gasteiger partial charge in [0.05, 0.1) is 0 Å². The molecule has 0 radical (unpaired) electrons. The van der Waals surface area contributed by atoms with Gasteiger partial charge in [0.1, 0.15) is 0 Å². The first-order chi connectivity index (χ1) is 10.3. The first-order valence-corrected chi connectivity index (χ1v) is 8.46. The Morgan fingerprint density at radius 1 is 1.00 bits per heavy atom. The monoisotopic (exact) mass is 289 g/mol. The number of hydrogen-bond donors (Lipinski definition) is 1. The molecule has 1 aliphatic rings. The van der Waals surface area contributed by atoms with E-state index in [-0.39, 0.29) is 0 Å². The van der Waals surface area contributed by atoms with E-state index < -0.39 is 0 Å². The van der Waals surface area contributed by atoms with Gasteiger partial charge >= 0.3 is 0 Å². The molecule has 0 bridgehead atoms. The lowest BCUT2D eigenvalue weighted by Crippen LogP contribution is -2.48. The van der Waals surface area contributed by atoms with Crippen molar-refractivity contribution in [3.05, 3.63) is 35.9 Å². The standard InChI is InChI=1S/C18H31N3/c1-17(15-19)16-21-13-11-20(12-14-21)10-6-5-9-18-7-3-2-4-8-18/h2-4,7-8,17H,5-6,9-16,19H2,1H3. The molecule has 1 aromatic carbocycles. The molecule has 1 atom stereocenters. The number of unbranched alkanes of at least 4 members (excludes halogenated alkanes) is 1. The molecule has 1 aliphatic heterocycles. The van der Waals surface area contributed by atoms with Gasteiger partial charge in [-0.05, 0) is 43.8 Å². The largest absolute Gasteiger partial charge is 0.330 e. The summed E-state index contributed by atoms with van der Waals surface area (Å²) >= 11 is 0. The van der Waals surface area contributed by atoms with Gasteiger partial charge in [0.25, 0.3) is 0 Å². The minimum atomic E-state index is 0.627. The highest BCUT2D eigenvalue weighted by Gasteiger charge is 2.17. The van der Waals surface area contributed by atoms with Crippen molar-refractivity contribution in [2.45, 2.75) is 26.2 Å². The number of rotatable bonds is 8. The fraction of sp³-hybridized carbons (Fsp3) is 0.667. The molecule has 0 aromatic heterocycles. The topological polar surface area (TPSA) is 32.5 Å². The highest BCUT2D eigenvalue weighted by Crippen LogP contribution is 2.08. The van der Waals surface area contributed by atoms with Crippen LogP contribution in [0.25, 0.3) is 0 Å². The van der Waals surface area contributed by atoms with Crippen LogP contribution in [-0.2, 0) is 6.42 Å². The van der Waals surface area contributed by atoms with Gasteiger partial charge in [0, 0.05) is 32.7 Å². The molecule has 1 aromatic rings. The lowest BCUT2D eigenvalue weighted by molar-refractivity contribution is 0.120. The van der Waals surface area contributed by atoms with Crippen LogP contribution in [0.15, 0.2) is 30.3 Å². The highest BCUT2D eigenvalue weighted by atomic mass is 15.3. The zero-order valence-corrected chi connectivity index (χ0v) is 13.5. The van der Waals surface area contributed by atoms with Gasteiger partial charge in [0.15, 0.2) is 0 Å². The SMILES string of the molecule is CC(CN)CN1CCN(CCCCc2ccccc2)CC1. The third-order valence-corrected chi connectivity index (χ3v) is 4.47. The van der Waals surface area contributed by atoms with E-state index in [2.05, 4.69) is 47.1 Å². The zero-order valence-electron chi connectivity index (χ0n) is 13.5. The molecular weight excluding hydrogens is 258 g/mol. The van der Waals surface area contributed by atoms with Gasteiger partial charge in [-0.1, -0.05) is 37.3 Å². The van der Waals surface area contributed by atoms with Crippen LogP contribution < -0.4 is 5.73 Å². The maximum atomic E-state index is 5.71.